The Morgan fingerprint density at radius 1 is 1.26 bits per heavy atom. The fourth-order valence-corrected chi connectivity index (χ4v) is 4.03. The molecule has 1 unspecified atom stereocenters. The zero-order chi connectivity index (χ0) is 21.4. The molecular weight excluding hydrogens is 394 g/mol. The summed E-state index contributed by atoms with van der Waals surface area (Å²) in [5, 5.41) is 8.94. The van der Waals surface area contributed by atoms with Gasteiger partial charge in [0.15, 0.2) is 11.4 Å². The van der Waals surface area contributed by atoms with Crippen molar-refractivity contribution in [2.75, 3.05) is 31.6 Å². The molecule has 9 nitrogen and oxygen atoms in total. The molecule has 1 aliphatic rings. The Balaban J connectivity index is 1.49. The first-order valence-corrected chi connectivity index (χ1v) is 10.7. The molecule has 31 heavy (non-hydrogen) atoms. The van der Waals surface area contributed by atoms with Gasteiger partial charge in [0.05, 0.1) is 11.6 Å². The molecule has 4 aromatic heterocycles. The number of pyridine rings is 1. The number of anilines is 1. The van der Waals surface area contributed by atoms with Crippen LogP contribution in [0.2, 0.25) is 0 Å². The number of imidazole rings is 1. The SMILES string of the molecule is CNC1CCN(c2nccc3oc(-c4cnc5ccc(OCC(C)N)nn45)cc23)CC1. The number of aromatic nitrogens is 4. The molecule has 5 heterocycles. The van der Waals surface area contributed by atoms with Crippen molar-refractivity contribution in [3.63, 3.8) is 0 Å². The average molecular weight is 422 g/mol. The van der Waals surface area contributed by atoms with Gasteiger partial charge in [-0.3, -0.25) is 0 Å². The summed E-state index contributed by atoms with van der Waals surface area (Å²) >= 11 is 0. The van der Waals surface area contributed by atoms with E-state index in [0.717, 1.165) is 54.1 Å². The first-order valence-electron chi connectivity index (χ1n) is 10.7. The van der Waals surface area contributed by atoms with Gasteiger partial charge < -0.3 is 25.1 Å². The summed E-state index contributed by atoms with van der Waals surface area (Å²) in [5.41, 5.74) is 8.07. The van der Waals surface area contributed by atoms with Crippen LogP contribution in [-0.2, 0) is 0 Å². The van der Waals surface area contributed by atoms with Crippen molar-refractivity contribution in [3.8, 4) is 17.3 Å². The average Bonchev–Trinajstić information content (AvgIpc) is 3.41. The Morgan fingerprint density at radius 2 is 2.10 bits per heavy atom. The normalized spacial score (nSPS) is 16.3. The number of rotatable bonds is 6. The third-order valence-corrected chi connectivity index (χ3v) is 5.71. The van der Waals surface area contributed by atoms with Crippen LogP contribution in [0, 0.1) is 0 Å². The number of nitrogens with one attached hydrogen (secondary N) is 1. The van der Waals surface area contributed by atoms with Crippen molar-refractivity contribution >= 4 is 22.4 Å². The molecule has 0 spiro atoms. The maximum Gasteiger partial charge on any atom is 0.231 e. The first kappa shape index (κ1) is 19.8. The number of furan rings is 1. The highest BCUT2D eigenvalue weighted by molar-refractivity contribution is 5.92. The number of fused-ring (bicyclic) bond motifs is 2. The van der Waals surface area contributed by atoms with E-state index in [1.165, 1.54) is 0 Å². The third-order valence-electron chi connectivity index (χ3n) is 5.71. The second-order valence-corrected chi connectivity index (χ2v) is 8.08. The van der Waals surface area contributed by atoms with Gasteiger partial charge in [0.2, 0.25) is 5.88 Å². The summed E-state index contributed by atoms with van der Waals surface area (Å²) in [4.78, 5) is 11.5. The fraction of sp³-hybridized carbons (Fsp3) is 0.409. The second kappa shape index (κ2) is 8.16. The zero-order valence-electron chi connectivity index (χ0n) is 17.8. The molecule has 0 radical (unpaired) electrons. The standard InChI is InChI=1S/C22H27N7O2/c1-14(23)13-30-21-4-3-20-26-12-17(29(20)27-21)19-11-16-18(31-19)5-8-25-22(16)28-9-6-15(24-2)7-10-28/h3-5,8,11-12,14-15,24H,6-7,9-10,13,23H2,1-2H3. The van der Waals surface area contributed by atoms with Gasteiger partial charge in [0.25, 0.3) is 0 Å². The van der Waals surface area contributed by atoms with Crippen LogP contribution >= 0.6 is 0 Å². The number of piperidine rings is 1. The molecule has 3 N–H and O–H groups in total. The van der Waals surface area contributed by atoms with Crippen molar-refractivity contribution < 1.29 is 9.15 Å². The van der Waals surface area contributed by atoms with Crippen LogP contribution in [0.1, 0.15) is 19.8 Å². The summed E-state index contributed by atoms with van der Waals surface area (Å²) in [6.07, 6.45) is 5.77. The molecule has 0 amide bonds. The van der Waals surface area contributed by atoms with Crippen molar-refractivity contribution in [1.29, 1.82) is 0 Å². The minimum Gasteiger partial charge on any atom is -0.475 e. The first-order chi connectivity index (χ1) is 15.1. The van der Waals surface area contributed by atoms with Crippen LogP contribution in [0.3, 0.4) is 0 Å². The number of nitrogens with zero attached hydrogens (tertiary/aromatic N) is 5. The van der Waals surface area contributed by atoms with Gasteiger partial charge in [0.1, 0.15) is 23.7 Å². The van der Waals surface area contributed by atoms with Crippen LogP contribution in [0.5, 0.6) is 5.88 Å². The van der Waals surface area contributed by atoms with Crippen molar-refractivity contribution in [2.45, 2.75) is 31.8 Å². The minimum absolute atomic E-state index is 0.0702. The Kier molecular flexibility index (Phi) is 5.21. The highest BCUT2D eigenvalue weighted by atomic mass is 16.5. The molecular formula is C22H27N7O2. The molecule has 0 aromatic carbocycles. The van der Waals surface area contributed by atoms with Gasteiger partial charge in [-0.25, -0.2) is 14.5 Å². The highest BCUT2D eigenvalue weighted by Gasteiger charge is 2.22. The van der Waals surface area contributed by atoms with E-state index in [0.29, 0.717) is 24.3 Å². The maximum absolute atomic E-state index is 6.19. The maximum atomic E-state index is 6.19. The van der Waals surface area contributed by atoms with E-state index < -0.39 is 0 Å². The van der Waals surface area contributed by atoms with Crippen molar-refractivity contribution in [2.24, 2.45) is 5.73 Å². The third kappa shape index (κ3) is 3.82. The van der Waals surface area contributed by atoms with Gasteiger partial charge in [-0.1, -0.05) is 0 Å². The topological polar surface area (TPSA) is 107 Å². The lowest BCUT2D eigenvalue weighted by molar-refractivity contribution is 0.281. The minimum atomic E-state index is -0.0702. The van der Waals surface area contributed by atoms with Crippen molar-refractivity contribution in [1.82, 2.24) is 24.9 Å². The van der Waals surface area contributed by atoms with Gasteiger partial charge in [0, 0.05) is 37.4 Å². The number of nitrogens with two attached hydrogens (primary N) is 1. The molecule has 0 aliphatic carbocycles. The van der Waals surface area contributed by atoms with Crippen LogP contribution in [-0.4, -0.2) is 58.4 Å². The van der Waals surface area contributed by atoms with Gasteiger partial charge in [-0.05, 0) is 45.0 Å². The van der Waals surface area contributed by atoms with E-state index in [1.807, 2.05) is 38.4 Å². The Labute approximate surface area is 180 Å². The summed E-state index contributed by atoms with van der Waals surface area (Å²) in [7, 11) is 2.03. The van der Waals surface area contributed by atoms with Gasteiger partial charge in [-0.2, -0.15) is 0 Å². The lowest BCUT2D eigenvalue weighted by Gasteiger charge is -2.32. The summed E-state index contributed by atoms with van der Waals surface area (Å²) in [6.45, 7) is 4.22. The highest BCUT2D eigenvalue weighted by Crippen LogP contribution is 2.34. The zero-order valence-corrected chi connectivity index (χ0v) is 17.8. The van der Waals surface area contributed by atoms with E-state index in [1.54, 1.807) is 16.8 Å². The second-order valence-electron chi connectivity index (χ2n) is 8.08. The van der Waals surface area contributed by atoms with Crippen LogP contribution in [0.4, 0.5) is 5.82 Å². The number of ether oxygens (including phenoxy) is 1. The largest absolute Gasteiger partial charge is 0.475 e. The van der Waals surface area contributed by atoms with Crippen LogP contribution < -0.4 is 20.7 Å². The smallest absolute Gasteiger partial charge is 0.231 e. The number of hydrogen-bond donors (Lipinski definition) is 2. The molecule has 1 aliphatic heterocycles. The van der Waals surface area contributed by atoms with E-state index in [9.17, 15) is 0 Å². The van der Waals surface area contributed by atoms with Gasteiger partial charge >= 0.3 is 0 Å². The summed E-state index contributed by atoms with van der Waals surface area (Å²) in [6, 6.07) is 8.09. The predicted molar refractivity (Wildman–Crippen MR) is 119 cm³/mol. The molecule has 4 aromatic rings. The molecule has 1 fully saturated rings. The molecule has 5 rings (SSSR count). The lowest BCUT2D eigenvalue weighted by Crippen LogP contribution is -2.41. The Hall–Kier alpha value is -3.17. The van der Waals surface area contributed by atoms with E-state index in [2.05, 4.69) is 25.3 Å². The summed E-state index contributed by atoms with van der Waals surface area (Å²) < 4.78 is 13.6. The predicted octanol–water partition coefficient (Wildman–Crippen LogP) is 2.45. The molecule has 1 atom stereocenters. The summed E-state index contributed by atoms with van der Waals surface area (Å²) in [5.74, 6) is 2.15. The van der Waals surface area contributed by atoms with Gasteiger partial charge in [-0.15, -0.1) is 5.10 Å². The quantitative estimate of drug-likeness (QED) is 0.489. The van der Waals surface area contributed by atoms with E-state index in [-0.39, 0.29) is 6.04 Å². The Morgan fingerprint density at radius 3 is 2.87 bits per heavy atom. The number of hydrogen-bond acceptors (Lipinski definition) is 8. The molecule has 0 bridgehead atoms. The van der Waals surface area contributed by atoms with E-state index in [4.69, 9.17) is 14.9 Å². The monoisotopic (exact) mass is 421 g/mol. The van der Waals surface area contributed by atoms with Crippen molar-refractivity contribution in [3.05, 3.63) is 36.7 Å². The lowest BCUT2D eigenvalue weighted by atomic mass is 10.1. The Bertz CT molecular complexity index is 1190. The molecule has 9 heteroatoms. The molecule has 1 saturated heterocycles. The van der Waals surface area contributed by atoms with Crippen LogP contribution in [0.15, 0.2) is 41.1 Å². The molecule has 162 valence electrons. The molecule has 0 saturated carbocycles. The van der Waals surface area contributed by atoms with Crippen LogP contribution in [0.25, 0.3) is 28.1 Å². The van der Waals surface area contributed by atoms with E-state index >= 15 is 0 Å². The fourth-order valence-electron chi connectivity index (χ4n) is 4.03.